The maximum Gasteiger partial charge on any atom is 0.287 e. The van der Waals surface area contributed by atoms with Crippen LogP contribution in [0.3, 0.4) is 0 Å². The standard InChI is InChI=1S/C20H25N3O3/c1-23-11-9-16(10-12-23)21-19(24)17(14-15-6-3-2-4-7-15)22-20(25)18-8-5-13-26-18/h2-8,13,16-17H,9-12,14H2,1H3,(H,21,24)(H,22,25). The van der Waals surface area contributed by atoms with Crippen LogP contribution in [-0.4, -0.2) is 48.9 Å². The number of carbonyl (C=O) groups excluding carboxylic acids is 2. The summed E-state index contributed by atoms with van der Waals surface area (Å²) in [5.74, 6) is -0.326. The summed E-state index contributed by atoms with van der Waals surface area (Å²) >= 11 is 0. The van der Waals surface area contributed by atoms with Gasteiger partial charge in [-0.05, 0) is 50.7 Å². The van der Waals surface area contributed by atoms with Crippen molar-refractivity contribution in [2.24, 2.45) is 0 Å². The monoisotopic (exact) mass is 355 g/mol. The molecule has 26 heavy (non-hydrogen) atoms. The van der Waals surface area contributed by atoms with E-state index in [1.165, 1.54) is 6.26 Å². The van der Waals surface area contributed by atoms with Crippen LogP contribution < -0.4 is 10.6 Å². The third-order valence-corrected chi connectivity index (χ3v) is 4.71. The molecule has 1 atom stereocenters. The second-order valence-corrected chi connectivity index (χ2v) is 6.78. The molecule has 1 aromatic heterocycles. The summed E-state index contributed by atoms with van der Waals surface area (Å²) in [5, 5.41) is 5.91. The van der Waals surface area contributed by atoms with E-state index in [2.05, 4.69) is 22.6 Å². The van der Waals surface area contributed by atoms with Crippen LogP contribution >= 0.6 is 0 Å². The number of piperidine rings is 1. The molecule has 2 N–H and O–H groups in total. The molecule has 0 saturated carbocycles. The molecule has 6 heteroatoms. The molecule has 1 unspecified atom stereocenters. The van der Waals surface area contributed by atoms with Gasteiger partial charge in [-0.25, -0.2) is 0 Å². The van der Waals surface area contributed by atoms with E-state index in [0.717, 1.165) is 31.5 Å². The molecule has 0 aliphatic carbocycles. The fourth-order valence-corrected chi connectivity index (χ4v) is 3.15. The Hall–Kier alpha value is -2.60. The summed E-state index contributed by atoms with van der Waals surface area (Å²) in [6, 6.07) is 12.4. The predicted molar refractivity (Wildman–Crippen MR) is 98.8 cm³/mol. The lowest BCUT2D eigenvalue weighted by Gasteiger charge is -2.30. The maximum atomic E-state index is 12.8. The van der Waals surface area contributed by atoms with Gasteiger partial charge in [0.25, 0.3) is 5.91 Å². The Morgan fingerprint density at radius 3 is 2.54 bits per heavy atom. The molecule has 0 bridgehead atoms. The Balaban J connectivity index is 1.67. The summed E-state index contributed by atoms with van der Waals surface area (Å²) < 4.78 is 5.14. The van der Waals surface area contributed by atoms with Gasteiger partial charge < -0.3 is 20.0 Å². The van der Waals surface area contributed by atoms with Crippen LogP contribution in [0.25, 0.3) is 0 Å². The van der Waals surface area contributed by atoms with Crippen molar-refractivity contribution in [3.63, 3.8) is 0 Å². The van der Waals surface area contributed by atoms with Crippen LogP contribution in [0.4, 0.5) is 0 Å². The van der Waals surface area contributed by atoms with Crippen LogP contribution in [0, 0.1) is 0 Å². The Morgan fingerprint density at radius 2 is 1.88 bits per heavy atom. The molecule has 1 fully saturated rings. The van der Waals surface area contributed by atoms with Crippen molar-refractivity contribution in [3.05, 3.63) is 60.1 Å². The van der Waals surface area contributed by atoms with Crippen molar-refractivity contribution < 1.29 is 14.0 Å². The molecule has 138 valence electrons. The zero-order valence-corrected chi connectivity index (χ0v) is 15.0. The highest BCUT2D eigenvalue weighted by Gasteiger charge is 2.26. The molecule has 2 aromatic rings. The van der Waals surface area contributed by atoms with Crippen molar-refractivity contribution in [1.82, 2.24) is 15.5 Å². The molecule has 6 nitrogen and oxygen atoms in total. The topological polar surface area (TPSA) is 74.6 Å². The Bertz CT molecular complexity index is 707. The summed E-state index contributed by atoms with van der Waals surface area (Å²) in [5.41, 5.74) is 0.996. The maximum absolute atomic E-state index is 12.8. The summed E-state index contributed by atoms with van der Waals surface area (Å²) in [4.78, 5) is 27.4. The smallest absolute Gasteiger partial charge is 0.287 e. The van der Waals surface area contributed by atoms with Gasteiger partial charge in [-0.1, -0.05) is 30.3 Å². The van der Waals surface area contributed by atoms with Crippen LogP contribution in [0.5, 0.6) is 0 Å². The largest absolute Gasteiger partial charge is 0.459 e. The summed E-state index contributed by atoms with van der Waals surface area (Å²) in [6.07, 6.45) is 3.73. The van der Waals surface area contributed by atoms with Crippen LogP contribution in [0.1, 0.15) is 29.0 Å². The van der Waals surface area contributed by atoms with Gasteiger partial charge in [-0.15, -0.1) is 0 Å². The summed E-state index contributed by atoms with van der Waals surface area (Å²) in [7, 11) is 2.08. The SMILES string of the molecule is CN1CCC(NC(=O)C(Cc2ccccc2)NC(=O)c2ccco2)CC1. The van der Waals surface area contributed by atoms with Gasteiger partial charge in [-0.2, -0.15) is 0 Å². The number of furan rings is 1. The van der Waals surface area contributed by atoms with E-state index in [0.29, 0.717) is 6.42 Å². The first-order valence-electron chi connectivity index (χ1n) is 8.99. The van der Waals surface area contributed by atoms with Gasteiger partial charge >= 0.3 is 0 Å². The fourth-order valence-electron chi connectivity index (χ4n) is 3.15. The normalized spacial score (nSPS) is 16.8. The second-order valence-electron chi connectivity index (χ2n) is 6.78. The van der Waals surface area contributed by atoms with Crippen molar-refractivity contribution in [1.29, 1.82) is 0 Å². The van der Waals surface area contributed by atoms with Gasteiger partial charge in [0, 0.05) is 12.5 Å². The molecule has 0 radical (unpaired) electrons. The number of benzene rings is 1. The van der Waals surface area contributed by atoms with Crippen molar-refractivity contribution in [2.75, 3.05) is 20.1 Å². The van der Waals surface area contributed by atoms with Crippen LogP contribution in [0.15, 0.2) is 53.1 Å². The third kappa shape index (κ3) is 4.95. The molecule has 2 heterocycles. The van der Waals surface area contributed by atoms with Gasteiger partial charge in [0.2, 0.25) is 5.91 Å². The molecular weight excluding hydrogens is 330 g/mol. The number of nitrogens with zero attached hydrogens (tertiary/aromatic N) is 1. The van der Waals surface area contributed by atoms with Crippen LogP contribution in [0.2, 0.25) is 0 Å². The second kappa shape index (κ2) is 8.67. The van der Waals surface area contributed by atoms with E-state index in [-0.39, 0.29) is 23.6 Å². The molecule has 1 saturated heterocycles. The lowest BCUT2D eigenvalue weighted by Crippen LogP contribution is -2.52. The number of hydrogen-bond donors (Lipinski definition) is 2. The zero-order chi connectivity index (χ0) is 18.4. The quantitative estimate of drug-likeness (QED) is 0.829. The van der Waals surface area contributed by atoms with Gasteiger partial charge in [0.1, 0.15) is 6.04 Å². The highest BCUT2D eigenvalue weighted by Crippen LogP contribution is 2.10. The Kier molecular flexibility index (Phi) is 6.07. The lowest BCUT2D eigenvalue weighted by molar-refractivity contribution is -0.124. The first kappa shape index (κ1) is 18.2. The highest BCUT2D eigenvalue weighted by molar-refractivity contribution is 5.95. The number of likely N-dealkylation sites (tertiary alicyclic amines) is 1. The van der Waals surface area contributed by atoms with E-state index >= 15 is 0 Å². The van der Waals surface area contributed by atoms with Crippen LogP contribution in [-0.2, 0) is 11.2 Å². The number of hydrogen-bond acceptors (Lipinski definition) is 4. The summed E-state index contributed by atoms with van der Waals surface area (Å²) in [6.45, 7) is 1.93. The number of carbonyl (C=O) groups is 2. The van der Waals surface area contributed by atoms with E-state index < -0.39 is 6.04 Å². The molecule has 1 aromatic carbocycles. The van der Waals surface area contributed by atoms with Crippen molar-refractivity contribution in [3.8, 4) is 0 Å². The Morgan fingerprint density at radius 1 is 1.15 bits per heavy atom. The van der Waals surface area contributed by atoms with E-state index in [9.17, 15) is 9.59 Å². The minimum absolute atomic E-state index is 0.150. The highest BCUT2D eigenvalue weighted by atomic mass is 16.3. The van der Waals surface area contributed by atoms with E-state index in [1.807, 2.05) is 30.3 Å². The predicted octanol–water partition coefficient (Wildman–Crippen LogP) is 1.83. The molecule has 0 spiro atoms. The Labute approximate surface area is 153 Å². The molecule has 1 aliphatic heterocycles. The van der Waals surface area contributed by atoms with E-state index in [1.54, 1.807) is 12.1 Å². The van der Waals surface area contributed by atoms with Gasteiger partial charge in [-0.3, -0.25) is 9.59 Å². The fraction of sp³-hybridized carbons (Fsp3) is 0.400. The van der Waals surface area contributed by atoms with Crippen molar-refractivity contribution >= 4 is 11.8 Å². The van der Waals surface area contributed by atoms with Gasteiger partial charge in [0.15, 0.2) is 5.76 Å². The van der Waals surface area contributed by atoms with E-state index in [4.69, 9.17) is 4.42 Å². The molecule has 2 amide bonds. The molecular formula is C20H25N3O3. The first-order chi connectivity index (χ1) is 12.6. The van der Waals surface area contributed by atoms with Gasteiger partial charge in [0.05, 0.1) is 6.26 Å². The number of nitrogens with one attached hydrogen (secondary N) is 2. The average Bonchev–Trinajstić information content (AvgIpc) is 3.19. The molecule has 3 rings (SSSR count). The minimum Gasteiger partial charge on any atom is -0.459 e. The lowest BCUT2D eigenvalue weighted by atomic mass is 10.0. The third-order valence-electron chi connectivity index (χ3n) is 4.71. The number of rotatable bonds is 6. The minimum atomic E-state index is -0.644. The average molecular weight is 355 g/mol. The van der Waals surface area contributed by atoms with Crippen molar-refractivity contribution in [2.45, 2.75) is 31.3 Å². The number of amides is 2. The molecule has 1 aliphatic rings. The zero-order valence-electron chi connectivity index (χ0n) is 15.0. The first-order valence-corrected chi connectivity index (χ1v) is 8.99.